The van der Waals surface area contributed by atoms with Crippen molar-refractivity contribution >= 4 is 11.9 Å². The minimum atomic E-state index is -0.716. The average molecular weight is 389 g/mol. The molecule has 1 aliphatic carbocycles. The SMILES string of the molecule is CC(C)(CCCCc1ccccc1CCCCC1(CC(=O)O)CC1)CC(=O)O. The summed E-state index contributed by atoms with van der Waals surface area (Å²) in [5.74, 6) is -1.37. The van der Waals surface area contributed by atoms with E-state index in [-0.39, 0.29) is 17.3 Å². The predicted octanol–water partition coefficient (Wildman–Crippen LogP) is 5.87. The number of benzene rings is 1. The third kappa shape index (κ3) is 8.04. The number of unbranched alkanes of at least 4 members (excludes halogenated alkanes) is 2. The highest BCUT2D eigenvalue weighted by Crippen LogP contribution is 2.52. The highest BCUT2D eigenvalue weighted by atomic mass is 16.4. The lowest BCUT2D eigenvalue weighted by molar-refractivity contribution is -0.140. The maximum atomic E-state index is 11.0. The smallest absolute Gasteiger partial charge is 0.303 e. The number of aliphatic carboxylic acids is 2. The first-order chi connectivity index (χ1) is 13.2. The Hall–Kier alpha value is -1.84. The molecule has 1 fully saturated rings. The molecular weight excluding hydrogens is 352 g/mol. The Morgan fingerprint density at radius 1 is 0.929 bits per heavy atom. The van der Waals surface area contributed by atoms with Crippen LogP contribution in [0, 0.1) is 10.8 Å². The van der Waals surface area contributed by atoms with Crippen LogP contribution in [0.2, 0.25) is 0 Å². The van der Waals surface area contributed by atoms with Crippen molar-refractivity contribution in [2.24, 2.45) is 10.8 Å². The van der Waals surface area contributed by atoms with Crippen molar-refractivity contribution in [2.75, 3.05) is 0 Å². The van der Waals surface area contributed by atoms with Crippen molar-refractivity contribution in [2.45, 2.75) is 90.9 Å². The van der Waals surface area contributed by atoms with Gasteiger partial charge >= 0.3 is 11.9 Å². The van der Waals surface area contributed by atoms with E-state index in [9.17, 15) is 9.59 Å². The van der Waals surface area contributed by atoms with Gasteiger partial charge in [0.15, 0.2) is 0 Å². The number of hydrogen-bond donors (Lipinski definition) is 2. The average Bonchev–Trinajstić information content (AvgIpc) is 3.34. The second-order valence-corrected chi connectivity index (χ2v) is 9.49. The topological polar surface area (TPSA) is 74.6 Å². The Morgan fingerprint density at radius 2 is 1.50 bits per heavy atom. The summed E-state index contributed by atoms with van der Waals surface area (Å²) in [5, 5.41) is 18.0. The first-order valence-corrected chi connectivity index (χ1v) is 10.7. The standard InChI is InChI=1S/C24H36O4/c1-23(2,17-21(25)26)13-7-5-11-19-9-3-4-10-20(19)12-6-8-14-24(15-16-24)18-22(27)28/h3-4,9-10H,5-8,11-18H2,1-2H3,(H,25,26)(H,27,28). The molecule has 0 atom stereocenters. The number of carboxylic acids is 2. The summed E-state index contributed by atoms with van der Waals surface area (Å²) >= 11 is 0. The van der Waals surface area contributed by atoms with Gasteiger partial charge in [-0.15, -0.1) is 0 Å². The Kier molecular flexibility index (Phi) is 8.09. The lowest BCUT2D eigenvalue weighted by Gasteiger charge is -2.22. The molecule has 0 bridgehead atoms. The monoisotopic (exact) mass is 388 g/mol. The molecule has 4 nitrogen and oxygen atoms in total. The van der Waals surface area contributed by atoms with Crippen molar-refractivity contribution in [1.82, 2.24) is 0 Å². The molecule has 4 heteroatoms. The molecule has 1 aromatic carbocycles. The van der Waals surface area contributed by atoms with Crippen LogP contribution in [-0.2, 0) is 22.4 Å². The van der Waals surface area contributed by atoms with Crippen LogP contribution in [-0.4, -0.2) is 22.2 Å². The van der Waals surface area contributed by atoms with Crippen LogP contribution in [0.3, 0.4) is 0 Å². The van der Waals surface area contributed by atoms with E-state index in [1.54, 1.807) is 0 Å². The number of aryl methyl sites for hydroxylation is 2. The van der Waals surface area contributed by atoms with Crippen molar-refractivity contribution in [3.63, 3.8) is 0 Å². The lowest BCUT2D eigenvalue weighted by Crippen LogP contribution is -2.16. The van der Waals surface area contributed by atoms with E-state index in [1.165, 1.54) is 11.1 Å². The number of rotatable bonds is 14. The van der Waals surface area contributed by atoms with E-state index in [0.717, 1.165) is 64.2 Å². The van der Waals surface area contributed by atoms with Gasteiger partial charge in [-0.2, -0.15) is 0 Å². The summed E-state index contributed by atoms with van der Waals surface area (Å²) in [4.78, 5) is 21.9. The molecular formula is C24H36O4. The maximum Gasteiger partial charge on any atom is 0.303 e. The zero-order valence-electron chi connectivity index (χ0n) is 17.5. The number of carboxylic acid groups (broad SMARTS) is 2. The molecule has 28 heavy (non-hydrogen) atoms. The van der Waals surface area contributed by atoms with Crippen LogP contribution in [0.5, 0.6) is 0 Å². The molecule has 2 N–H and O–H groups in total. The van der Waals surface area contributed by atoms with Gasteiger partial charge in [-0.3, -0.25) is 9.59 Å². The van der Waals surface area contributed by atoms with E-state index in [4.69, 9.17) is 10.2 Å². The van der Waals surface area contributed by atoms with Crippen molar-refractivity contribution < 1.29 is 19.8 Å². The zero-order valence-corrected chi connectivity index (χ0v) is 17.5. The van der Waals surface area contributed by atoms with Crippen molar-refractivity contribution in [3.8, 4) is 0 Å². The molecule has 1 aromatic rings. The van der Waals surface area contributed by atoms with E-state index < -0.39 is 11.9 Å². The van der Waals surface area contributed by atoms with Gasteiger partial charge < -0.3 is 10.2 Å². The molecule has 0 unspecified atom stereocenters. The zero-order chi connectivity index (χ0) is 20.6. The Balaban J connectivity index is 1.72. The molecule has 0 radical (unpaired) electrons. The summed E-state index contributed by atoms with van der Waals surface area (Å²) in [6.45, 7) is 4.07. The molecule has 0 aliphatic heterocycles. The van der Waals surface area contributed by atoms with Gasteiger partial charge in [0.05, 0.1) is 12.8 Å². The Labute approximate surface area is 169 Å². The van der Waals surface area contributed by atoms with Gasteiger partial charge in [0, 0.05) is 0 Å². The summed E-state index contributed by atoms with van der Waals surface area (Å²) in [7, 11) is 0. The molecule has 2 rings (SSSR count). The molecule has 0 saturated heterocycles. The minimum Gasteiger partial charge on any atom is -0.481 e. The fraction of sp³-hybridized carbons (Fsp3) is 0.667. The van der Waals surface area contributed by atoms with E-state index in [2.05, 4.69) is 24.3 Å². The van der Waals surface area contributed by atoms with Crippen molar-refractivity contribution in [3.05, 3.63) is 35.4 Å². The van der Waals surface area contributed by atoms with Gasteiger partial charge in [-0.25, -0.2) is 0 Å². The summed E-state index contributed by atoms with van der Waals surface area (Å²) in [5.41, 5.74) is 2.79. The lowest BCUT2D eigenvalue weighted by atomic mass is 9.83. The predicted molar refractivity (Wildman–Crippen MR) is 112 cm³/mol. The largest absolute Gasteiger partial charge is 0.481 e. The molecule has 156 valence electrons. The minimum absolute atomic E-state index is 0.105. The van der Waals surface area contributed by atoms with Gasteiger partial charge in [0.2, 0.25) is 0 Å². The fourth-order valence-corrected chi connectivity index (χ4v) is 4.29. The quantitative estimate of drug-likeness (QED) is 0.391. The Bertz CT molecular complexity index is 613. The third-order valence-electron chi connectivity index (χ3n) is 6.18. The number of carbonyl (C=O) groups is 2. The number of hydrogen-bond acceptors (Lipinski definition) is 2. The highest BCUT2D eigenvalue weighted by molar-refractivity contribution is 5.68. The molecule has 0 aromatic heterocycles. The first kappa shape index (κ1) is 22.4. The van der Waals surface area contributed by atoms with Crippen LogP contribution in [0.15, 0.2) is 24.3 Å². The van der Waals surface area contributed by atoms with Crippen LogP contribution in [0.25, 0.3) is 0 Å². The van der Waals surface area contributed by atoms with E-state index in [0.29, 0.717) is 6.42 Å². The second kappa shape index (κ2) is 10.1. The van der Waals surface area contributed by atoms with Crippen LogP contribution >= 0.6 is 0 Å². The van der Waals surface area contributed by atoms with Gasteiger partial charge in [0.25, 0.3) is 0 Å². The van der Waals surface area contributed by atoms with Gasteiger partial charge in [0.1, 0.15) is 0 Å². The maximum absolute atomic E-state index is 11.0. The molecule has 1 aliphatic rings. The van der Waals surface area contributed by atoms with Gasteiger partial charge in [-0.1, -0.05) is 51.0 Å². The third-order valence-corrected chi connectivity index (χ3v) is 6.18. The first-order valence-electron chi connectivity index (χ1n) is 10.7. The molecule has 0 heterocycles. The van der Waals surface area contributed by atoms with E-state index >= 15 is 0 Å². The van der Waals surface area contributed by atoms with Gasteiger partial charge in [-0.05, 0) is 73.3 Å². The molecule has 0 spiro atoms. The fourth-order valence-electron chi connectivity index (χ4n) is 4.29. The van der Waals surface area contributed by atoms with Crippen LogP contribution in [0.1, 0.15) is 89.2 Å². The molecule has 1 saturated carbocycles. The second-order valence-electron chi connectivity index (χ2n) is 9.49. The molecule has 0 amide bonds. The summed E-state index contributed by atoms with van der Waals surface area (Å²) in [6, 6.07) is 8.62. The summed E-state index contributed by atoms with van der Waals surface area (Å²) in [6.07, 6.45) is 11.2. The van der Waals surface area contributed by atoms with Crippen LogP contribution < -0.4 is 0 Å². The van der Waals surface area contributed by atoms with Crippen LogP contribution in [0.4, 0.5) is 0 Å². The normalized spacial score (nSPS) is 15.4. The highest BCUT2D eigenvalue weighted by Gasteiger charge is 2.43. The van der Waals surface area contributed by atoms with Crippen molar-refractivity contribution in [1.29, 1.82) is 0 Å². The Morgan fingerprint density at radius 3 is 2.00 bits per heavy atom. The summed E-state index contributed by atoms with van der Waals surface area (Å²) < 4.78 is 0. The van der Waals surface area contributed by atoms with E-state index in [1.807, 2.05) is 13.8 Å².